The van der Waals surface area contributed by atoms with Gasteiger partial charge in [0.2, 0.25) is 0 Å². The smallest absolute Gasteiger partial charge is 0.123 e. The first-order valence-corrected chi connectivity index (χ1v) is 4.46. The fourth-order valence-corrected chi connectivity index (χ4v) is 0.869. The molecule has 0 aliphatic carbocycles. The molecule has 0 aromatic heterocycles. The van der Waals surface area contributed by atoms with Crippen LogP contribution in [-0.2, 0) is 4.84 Å². The standard InChI is InChI=1S/C10H14FNO/c1-2-3-8-13-12-10-6-4-9(11)5-7-10/h4-7,12H,2-3,8H2,1H3. The molecule has 0 saturated carbocycles. The molecule has 2 nitrogen and oxygen atoms in total. The molecule has 0 fully saturated rings. The van der Waals surface area contributed by atoms with Gasteiger partial charge in [-0.15, -0.1) is 0 Å². The maximum atomic E-state index is 12.5. The Bertz CT molecular complexity index is 235. The molecule has 0 spiro atoms. The van der Waals surface area contributed by atoms with Crippen molar-refractivity contribution in [3.63, 3.8) is 0 Å². The van der Waals surface area contributed by atoms with Crippen LogP contribution in [0.2, 0.25) is 0 Å². The maximum absolute atomic E-state index is 12.5. The minimum absolute atomic E-state index is 0.237. The summed E-state index contributed by atoms with van der Waals surface area (Å²) in [6.07, 6.45) is 2.12. The van der Waals surface area contributed by atoms with E-state index in [0.29, 0.717) is 6.61 Å². The van der Waals surface area contributed by atoms with Gasteiger partial charge in [0.1, 0.15) is 5.82 Å². The van der Waals surface area contributed by atoms with E-state index in [2.05, 4.69) is 12.4 Å². The summed E-state index contributed by atoms with van der Waals surface area (Å²) in [6.45, 7) is 2.77. The molecule has 1 N–H and O–H groups in total. The van der Waals surface area contributed by atoms with Gasteiger partial charge in [0.25, 0.3) is 0 Å². The summed E-state index contributed by atoms with van der Waals surface area (Å²) in [5, 5.41) is 0. The van der Waals surface area contributed by atoms with Crippen LogP contribution in [0.4, 0.5) is 10.1 Å². The van der Waals surface area contributed by atoms with Crippen molar-refractivity contribution in [2.24, 2.45) is 0 Å². The van der Waals surface area contributed by atoms with Gasteiger partial charge in [-0.3, -0.25) is 10.3 Å². The van der Waals surface area contributed by atoms with Crippen LogP contribution in [0.3, 0.4) is 0 Å². The van der Waals surface area contributed by atoms with E-state index in [4.69, 9.17) is 4.84 Å². The van der Waals surface area contributed by atoms with Crippen molar-refractivity contribution in [1.82, 2.24) is 0 Å². The summed E-state index contributed by atoms with van der Waals surface area (Å²) in [5.74, 6) is -0.237. The molecule has 0 bridgehead atoms. The number of nitrogens with one attached hydrogen (secondary N) is 1. The first-order chi connectivity index (χ1) is 6.33. The molecule has 0 atom stereocenters. The molecule has 0 amide bonds. The molecular formula is C10H14FNO. The summed E-state index contributed by atoms with van der Waals surface area (Å²) < 4.78 is 12.5. The largest absolute Gasteiger partial charge is 0.276 e. The van der Waals surface area contributed by atoms with E-state index >= 15 is 0 Å². The number of halogens is 1. The molecule has 1 rings (SSSR count). The van der Waals surface area contributed by atoms with Crippen LogP contribution in [0.25, 0.3) is 0 Å². The Kier molecular flexibility index (Phi) is 4.26. The van der Waals surface area contributed by atoms with E-state index in [1.54, 1.807) is 12.1 Å². The molecular weight excluding hydrogens is 169 g/mol. The highest BCUT2D eigenvalue weighted by Gasteiger charge is 1.91. The second kappa shape index (κ2) is 5.54. The summed E-state index contributed by atoms with van der Waals surface area (Å²) >= 11 is 0. The molecule has 0 aliphatic heterocycles. The van der Waals surface area contributed by atoms with Crippen molar-refractivity contribution >= 4 is 5.69 Å². The van der Waals surface area contributed by atoms with E-state index in [9.17, 15) is 4.39 Å². The number of rotatable bonds is 5. The third kappa shape index (κ3) is 3.90. The quantitative estimate of drug-likeness (QED) is 0.559. The lowest BCUT2D eigenvalue weighted by atomic mass is 10.3. The number of hydrogen-bond acceptors (Lipinski definition) is 2. The second-order valence-electron chi connectivity index (χ2n) is 2.81. The van der Waals surface area contributed by atoms with Gasteiger partial charge < -0.3 is 0 Å². The zero-order valence-electron chi connectivity index (χ0n) is 7.72. The van der Waals surface area contributed by atoms with Crippen LogP contribution >= 0.6 is 0 Å². The van der Waals surface area contributed by atoms with Crippen LogP contribution in [0, 0.1) is 5.82 Å². The number of benzene rings is 1. The van der Waals surface area contributed by atoms with Gasteiger partial charge in [-0.2, -0.15) is 0 Å². The lowest BCUT2D eigenvalue weighted by Gasteiger charge is -2.05. The zero-order valence-corrected chi connectivity index (χ0v) is 7.72. The Morgan fingerprint density at radius 3 is 2.62 bits per heavy atom. The molecule has 13 heavy (non-hydrogen) atoms. The predicted molar refractivity (Wildman–Crippen MR) is 50.9 cm³/mol. The van der Waals surface area contributed by atoms with E-state index in [1.807, 2.05) is 0 Å². The van der Waals surface area contributed by atoms with Gasteiger partial charge in [-0.1, -0.05) is 13.3 Å². The number of anilines is 1. The topological polar surface area (TPSA) is 21.3 Å². The van der Waals surface area contributed by atoms with Crippen molar-refractivity contribution in [3.05, 3.63) is 30.1 Å². The Morgan fingerprint density at radius 2 is 2.00 bits per heavy atom. The van der Waals surface area contributed by atoms with E-state index in [0.717, 1.165) is 18.5 Å². The van der Waals surface area contributed by atoms with Gasteiger partial charge in [-0.25, -0.2) is 4.39 Å². The molecule has 0 saturated heterocycles. The van der Waals surface area contributed by atoms with Crippen LogP contribution in [0.15, 0.2) is 24.3 Å². The van der Waals surface area contributed by atoms with E-state index in [-0.39, 0.29) is 5.82 Å². The van der Waals surface area contributed by atoms with Crippen molar-refractivity contribution in [1.29, 1.82) is 0 Å². The molecule has 1 aromatic rings. The molecule has 3 heteroatoms. The van der Waals surface area contributed by atoms with Gasteiger partial charge in [0.15, 0.2) is 0 Å². The van der Waals surface area contributed by atoms with Crippen molar-refractivity contribution in [3.8, 4) is 0 Å². The Balaban J connectivity index is 2.25. The Labute approximate surface area is 77.7 Å². The molecule has 0 heterocycles. The van der Waals surface area contributed by atoms with Crippen molar-refractivity contribution in [2.45, 2.75) is 19.8 Å². The summed E-state index contributed by atoms with van der Waals surface area (Å²) in [6, 6.07) is 6.07. The highest BCUT2D eigenvalue weighted by Crippen LogP contribution is 2.07. The third-order valence-corrected chi connectivity index (χ3v) is 1.63. The average Bonchev–Trinajstić information content (AvgIpc) is 2.15. The first-order valence-electron chi connectivity index (χ1n) is 4.46. The van der Waals surface area contributed by atoms with Gasteiger partial charge >= 0.3 is 0 Å². The molecule has 0 unspecified atom stereocenters. The van der Waals surface area contributed by atoms with E-state index < -0.39 is 0 Å². The minimum Gasteiger partial charge on any atom is -0.276 e. The minimum atomic E-state index is -0.237. The summed E-state index contributed by atoms with van der Waals surface area (Å²) in [4.78, 5) is 5.13. The van der Waals surface area contributed by atoms with Crippen LogP contribution in [0.1, 0.15) is 19.8 Å². The van der Waals surface area contributed by atoms with Crippen LogP contribution in [0.5, 0.6) is 0 Å². The molecule has 0 aliphatic rings. The lowest BCUT2D eigenvalue weighted by Crippen LogP contribution is -2.02. The van der Waals surface area contributed by atoms with Crippen molar-refractivity contribution < 1.29 is 9.23 Å². The maximum Gasteiger partial charge on any atom is 0.123 e. The third-order valence-electron chi connectivity index (χ3n) is 1.63. The predicted octanol–water partition coefficient (Wildman–Crippen LogP) is 2.97. The zero-order chi connectivity index (χ0) is 9.52. The Hall–Kier alpha value is -1.09. The fraction of sp³-hybridized carbons (Fsp3) is 0.400. The van der Waals surface area contributed by atoms with Crippen molar-refractivity contribution in [2.75, 3.05) is 12.1 Å². The molecule has 72 valence electrons. The SMILES string of the molecule is CCCCONc1ccc(F)cc1. The second-order valence-corrected chi connectivity index (χ2v) is 2.81. The lowest BCUT2D eigenvalue weighted by molar-refractivity contribution is 0.189. The number of unbranched alkanes of at least 4 members (excludes halogenated alkanes) is 1. The number of hydrogen-bond donors (Lipinski definition) is 1. The molecule has 0 radical (unpaired) electrons. The van der Waals surface area contributed by atoms with Crippen LogP contribution < -0.4 is 5.48 Å². The highest BCUT2D eigenvalue weighted by molar-refractivity contribution is 5.40. The monoisotopic (exact) mass is 183 g/mol. The van der Waals surface area contributed by atoms with Gasteiger partial charge in [0, 0.05) is 0 Å². The molecule has 1 aromatic carbocycles. The van der Waals surface area contributed by atoms with Crippen LogP contribution in [-0.4, -0.2) is 6.61 Å². The highest BCUT2D eigenvalue weighted by atomic mass is 19.1. The van der Waals surface area contributed by atoms with Gasteiger partial charge in [-0.05, 0) is 30.7 Å². The van der Waals surface area contributed by atoms with Gasteiger partial charge in [0.05, 0.1) is 12.3 Å². The fourth-order valence-electron chi connectivity index (χ4n) is 0.869. The summed E-state index contributed by atoms with van der Waals surface area (Å²) in [5.41, 5.74) is 3.52. The normalized spacial score (nSPS) is 10.0. The first kappa shape index (κ1) is 9.99. The Morgan fingerprint density at radius 1 is 1.31 bits per heavy atom. The summed E-state index contributed by atoms with van der Waals surface area (Å²) in [7, 11) is 0. The van der Waals surface area contributed by atoms with E-state index in [1.165, 1.54) is 12.1 Å². The average molecular weight is 183 g/mol.